The molecule has 166 valence electrons. The monoisotopic (exact) mass is 447 g/mol. The molecule has 2 atom stereocenters. The van der Waals surface area contributed by atoms with Gasteiger partial charge in [0.15, 0.2) is 5.82 Å². The molecule has 1 aliphatic rings. The van der Waals surface area contributed by atoms with Crippen molar-refractivity contribution in [3.05, 3.63) is 41.2 Å². The Labute approximate surface area is 171 Å². The average molecular weight is 447 g/mol. The second-order valence-electron chi connectivity index (χ2n) is 7.05. The summed E-state index contributed by atoms with van der Waals surface area (Å²) in [5.74, 6) is -0.889. The molecule has 2 aromatic rings. The minimum Gasteiger partial charge on any atom is -0.336 e. The van der Waals surface area contributed by atoms with E-state index in [4.69, 9.17) is 5.26 Å². The predicted molar refractivity (Wildman–Crippen MR) is 90.8 cm³/mol. The van der Waals surface area contributed by atoms with Crippen molar-refractivity contribution < 1.29 is 31.1 Å². The SMILES string of the molecule is N#CC1(NC(=O)[C@H](Cc2nnn[nH]2)N[C@@H](c2ccc(C(F)(F)F)cc2)C(F)(F)F)CC1. The van der Waals surface area contributed by atoms with Gasteiger partial charge in [0.1, 0.15) is 11.6 Å². The molecular formula is C17H15F6N7O. The third-order valence-corrected chi connectivity index (χ3v) is 4.70. The Hall–Kier alpha value is -3.21. The van der Waals surface area contributed by atoms with Gasteiger partial charge in [-0.2, -0.15) is 31.6 Å². The van der Waals surface area contributed by atoms with Crippen LogP contribution in [-0.2, 0) is 17.4 Å². The number of nitriles is 1. The van der Waals surface area contributed by atoms with E-state index in [0.29, 0.717) is 37.1 Å². The number of nitrogens with zero attached hydrogens (tertiary/aromatic N) is 4. The molecule has 1 aromatic heterocycles. The summed E-state index contributed by atoms with van der Waals surface area (Å²) < 4.78 is 79.4. The number of hydrogen-bond acceptors (Lipinski definition) is 6. The Morgan fingerprint density at radius 1 is 1.19 bits per heavy atom. The zero-order valence-electron chi connectivity index (χ0n) is 15.6. The molecule has 3 rings (SSSR count). The molecule has 1 heterocycles. The summed E-state index contributed by atoms with van der Waals surface area (Å²) in [4.78, 5) is 12.6. The Bertz CT molecular complexity index is 945. The summed E-state index contributed by atoms with van der Waals surface area (Å²) in [6.45, 7) is 0. The third-order valence-electron chi connectivity index (χ3n) is 4.70. The van der Waals surface area contributed by atoms with E-state index in [-0.39, 0.29) is 12.2 Å². The van der Waals surface area contributed by atoms with E-state index in [2.05, 4.69) is 31.3 Å². The zero-order valence-corrected chi connectivity index (χ0v) is 15.6. The summed E-state index contributed by atoms with van der Waals surface area (Å²) in [7, 11) is 0. The van der Waals surface area contributed by atoms with E-state index in [0.717, 1.165) is 0 Å². The van der Waals surface area contributed by atoms with E-state index in [1.54, 1.807) is 0 Å². The maximum Gasteiger partial charge on any atom is 0.416 e. The van der Waals surface area contributed by atoms with Crippen LogP contribution in [0.2, 0.25) is 0 Å². The molecule has 0 radical (unpaired) electrons. The van der Waals surface area contributed by atoms with Crippen molar-refractivity contribution >= 4 is 5.91 Å². The molecule has 8 nitrogen and oxygen atoms in total. The van der Waals surface area contributed by atoms with Gasteiger partial charge in [-0.1, -0.05) is 12.1 Å². The number of rotatable bonds is 7. The molecule has 0 spiro atoms. The van der Waals surface area contributed by atoms with Crippen LogP contribution < -0.4 is 10.6 Å². The number of benzene rings is 1. The van der Waals surface area contributed by atoms with Gasteiger partial charge < -0.3 is 5.32 Å². The van der Waals surface area contributed by atoms with E-state index < -0.39 is 47.0 Å². The van der Waals surface area contributed by atoms with Crippen LogP contribution in [0.1, 0.15) is 35.8 Å². The van der Waals surface area contributed by atoms with Crippen molar-refractivity contribution in [2.45, 2.75) is 49.2 Å². The molecule has 0 unspecified atom stereocenters. The van der Waals surface area contributed by atoms with Gasteiger partial charge >= 0.3 is 12.4 Å². The predicted octanol–water partition coefficient (Wildman–Crippen LogP) is 2.20. The van der Waals surface area contributed by atoms with Crippen LogP contribution >= 0.6 is 0 Å². The Balaban J connectivity index is 1.87. The molecule has 0 saturated heterocycles. The van der Waals surface area contributed by atoms with Crippen LogP contribution in [0.3, 0.4) is 0 Å². The number of nitrogens with one attached hydrogen (secondary N) is 3. The lowest BCUT2D eigenvalue weighted by atomic mass is 10.0. The first-order valence-electron chi connectivity index (χ1n) is 8.89. The number of alkyl halides is 6. The molecule has 1 saturated carbocycles. The van der Waals surface area contributed by atoms with Crippen molar-refractivity contribution in [1.29, 1.82) is 5.26 Å². The minimum atomic E-state index is -4.94. The highest BCUT2D eigenvalue weighted by Crippen LogP contribution is 2.37. The van der Waals surface area contributed by atoms with Gasteiger partial charge in [-0.25, -0.2) is 5.10 Å². The van der Waals surface area contributed by atoms with Gasteiger partial charge in [0.05, 0.1) is 17.7 Å². The quantitative estimate of drug-likeness (QED) is 0.560. The average Bonchev–Trinajstić information content (AvgIpc) is 3.26. The van der Waals surface area contributed by atoms with Gasteiger partial charge in [-0.05, 0) is 41.0 Å². The normalized spacial score (nSPS) is 17.5. The number of hydrogen-bond donors (Lipinski definition) is 3. The van der Waals surface area contributed by atoms with Gasteiger partial charge in [0.25, 0.3) is 0 Å². The number of carbonyl (C=O) groups is 1. The van der Waals surface area contributed by atoms with Gasteiger partial charge in [-0.15, -0.1) is 5.10 Å². The van der Waals surface area contributed by atoms with Gasteiger partial charge in [0.2, 0.25) is 5.91 Å². The summed E-state index contributed by atoms with van der Waals surface area (Å²) in [6.07, 6.45) is -9.32. The first-order chi connectivity index (χ1) is 14.4. The molecule has 14 heteroatoms. The van der Waals surface area contributed by atoms with Crippen LogP contribution in [0, 0.1) is 11.3 Å². The highest BCUT2D eigenvalue weighted by molar-refractivity contribution is 5.83. The molecule has 0 bridgehead atoms. The fourth-order valence-electron chi connectivity index (χ4n) is 2.84. The number of halogens is 6. The van der Waals surface area contributed by atoms with Gasteiger partial charge in [-0.3, -0.25) is 10.1 Å². The molecule has 1 aliphatic carbocycles. The Morgan fingerprint density at radius 3 is 2.29 bits per heavy atom. The third kappa shape index (κ3) is 5.48. The molecule has 1 fully saturated rings. The molecule has 1 amide bonds. The largest absolute Gasteiger partial charge is 0.416 e. The fourth-order valence-corrected chi connectivity index (χ4v) is 2.84. The van der Waals surface area contributed by atoms with Crippen molar-refractivity contribution in [3.63, 3.8) is 0 Å². The number of aromatic nitrogens is 4. The number of H-pyrrole nitrogens is 1. The van der Waals surface area contributed by atoms with E-state index >= 15 is 0 Å². The summed E-state index contributed by atoms with van der Waals surface area (Å²) in [6, 6.07) is 0.341. The lowest BCUT2D eigenvalue weighted by molar-refractivity contribution is -0.161. The maximum absolute atomic E-state index is 13.7. The number of carbonyl (C=O) groups excluding carboxylic acids is 1. The summed E-state index contributed by atoms with van der Waals surface area (Å²) in [5, 5.41) is 26.1. The summed E-state index contributed by atoms with van der Waals surface area (Å²) in [5.41, 5.74) is -2.77. The zero-order chi connectivity index (χ0) is 22.9. The fraction of sp³-hybridized carbons (Fsp3) is 0.471. The first-order valence-corrected chi connectivity index (χ1v) is 8.89. The van der Waals surface area contributed by atoms with Crippen LogP contribution in [-0.4, -0.2) is 44.3 Å². The molecular weight excluding hydrogens is 432 g/mol. The smallest absolute Gasteiger partial charge is 0.336 e. The second-order valence-corrected chi connectivity index (χ2v) is 7.05. The van der Waals surface area contributed by atoms with Crippen LogP contribution in [0.15, 0.2) is 24.3 Å². The van der Waals surface area contributed by atoms with E-state index in [1.807, 2.05) is 6.07 Å². The highest BCUT2D eigenvalue weighted by atomic mass is 19.4. The number of tetrazole rings is 1. The number of aromatic amines is 1. The second kappa shape index (κ2) is 8.14. The van der Waals surface area contributed by atoms with Crippen LogP contribution in [0.25, 0.3) is 0 Å². The van der Waals surface area contributed by atoms with Crippen LogP contribution in [0.4, 0.5) is 26.3 Å². The lowest BCUT2D eigenvalue weighted by Gasteiger charge is -2.27. The van der Waals surface area contributed by atoms with E-state index in [1.165, 1.54) is 0 Å². The first kappa shape index (κ1) is 22.5. The van der Waals surface area contributed by atoms with Crippen molar-refractivity contribution in [2.75, 3.05) is 0 Å². The topological polar surface area (TPSA) is 119 Å². The summed E-state index contributed by atoms with van der Waals surface area (Å²) >= 11 is 0. The molecule has 0 aliphatic heterocycles. The Kier molecular flexibility index (Phi) is 5.90. The van der Waals surface area contributed by atoms with Crippen molar-refractivity contribution in [3.8, 4) is 6.07 Å². The number of amides is 1. The minimum absolute atomic E-state index is 0.00259. The maximum atomic E-state index is 13.7. The van der Waals surface area contributed by atoms with Gasteiger partial charge in [0, 0.05) is 6.42 Å². The van der Waals surface area contributed by atoms with Crippen LogP contribution in [0.5, 0.6) is 0 Å². The Morgan fingerprint density at radius 2 is 1.84 bits per heavy atom. The van der Waals surface area contributed by atoms with Crippen molar-refractivity contribution in [2.24, 2.45) is 0 Å². The molecule has 31 heavy (non-hydrogen) atoms. The molecule has 3 N–H and O–H groups in total. The lowest BCUT2D eigenvalue weighted by Crippen LogP contribution is -2.52. The standard InChI is InChI=1S/C17H15F6N7O/c18-16(19,20)10-3-1-9(2-4-10)13(17(21,22)23)25-11(7-12-27-29-30-28-12)14(31)26-15(8-24)5-6-15/h1-4,11,13,25H,5-7H2,(H,26,31)(H,27,28,29,30)/t11-,13-/m0/s1. The molecule has 1 aromatic carbocycles. The van der Waals surface area contributed by atoms with Crippen molar-refractivity contribution in [1.82, 2.24) is 31.3 Å². The highest BCUT2D eigenvalue weighted by Gasteiger charge is 2.47. The van der Waals surface area contributed by atoms with E-state index in [9.17, 15) is 31.1 Å².